The third kappa shape index (κ3) is 7.24. The Bertz CT molecular complexity index is 945. The summed E-state index contributed by atoms with van der Waals surface area (Å²) in [4.78, 5) is 24.1. The van der Waals surface area contributed by atoms with Crippen molar-refractivity contribution in [1.29, 1.82) is 10.5 Å². The molecule has 1 unspecified atom stereocenters. The average Bonchev–Trinajstić information content (AvgIpc) is 2.73. The highest BCUT2D eigenvalue weighted by Crippen LogP contribution is 2.10. The lowest BCUT2D eigenvalue weighted by Gasteiger charge is -2.18. The molecule has 0 fully saturated rings. The Labute approximate surface area is 169 Å². The van der Waals surface area contributed by atoms with Gasteiger partial charge in [0.25, 0.3) is 0 Å². The van der Waals surface area contributed by atoms with Crippen molar-refractivity contribution in [2.75, 3.05) is 17.2 Å². The summed E-state index contributed by atoms with van der Waals surface area (Å²) in [6, 6.07) is 16.4. The number of nitrogens with zero attached hydrogens (tertiary/aromatic N) is 2. The summed E-state index contributed by atoms with van der Waals surface area (Å²) in [5.74, 6) is 0. The Morgan fingerprint density at radius 3 is 2.00 bits per heavy atom. The van der Waals surface area contributed by atoms with Gasteiger partial charge in [0.1, 0.15) is 0 Å². The van der Waals surface area contributed by atoms with Crippen LogP contribution in [0, 0.1) is 22.7 Å². The van der Waals surface area contributed by atoms with Crippen molar-refractivity contribution < 1.29 is 9.59 Å². The zero-order valence-electron chi connectivity index (χ0n) is 16.0. The number of nitrogens with one attached hydrogen (secondary N) is 4. The molecule has 29 heavy (non-hydrogen) atoms. The minimum atomic E-state index is -0.382. The first kappa shape index (κ1) is 21.3. The molecule has 8 heteroatoms. The average molecular weight is 390 g/mol. The molecule has 148 valence electrons. The summed E-state index contributed by atoms with van der Waals surface area (Å²) in [7, 11) is 0. The van der Waals surface area contributed by atoms with Gasteiger partial charge in [0.05, 0.1) is 23.3 Å². The van der Waals surface area contributed by atoms with E-state index in [0.717, 1.165) is 0 Å². The monoisotopic (exact) mass is 390 g/mol. The maximum atomic E-state index is 12.1. The molecule has 2 aromatic rings. The zero-order valence-corrected chi connectivity index (χ0v) is 16.0. The molecule has 4 amide bonds. The number of carbonyl (C=O) groups excluding carboxylic acids is 2. The van der Waals surface area contributed by atoms with Crippen LogP contribution in [0.3, 0.4) is 0 Å². The van der Waals surface area contributed by atoms with Gasteiger partial charge in [-0.2, -0.15) is 10.5 Å². The van der Waals surface area contributed by atoms with Crippen LogP contribution in [-0.2, 0) is 0 Å². The molecule has 0 aromatic heterocycles. The van der Waals surface area contributed by atoms with E-state index in [1.165, 1.54) is 0 Å². The first-order chi connectivity index (χ1) is 14.0. The van der Waals surface area contributed by atoms with Crippen molar-refractivity contribution in [2.24, 2.45) is 0 Å². The Kier molecular flexibility index (Phi) is 8.03. The molecule has 0 spiro atoms. The summed E-state index contributed by atoms with van der Waals surface area (Å²) in [6.07, 6.45) is 1.24. The number of benzene rings is 2. The molecule has 4 N–H and O–H groups in total. The molecule has 0 bridgehead atoms. The second-order valence-corrected chi connectivity index (χ2v) is 6.26. The first-order valence-corrected chi connectivity index (χ1v) is 9.16. The third-order valence-corrected chi connectivity index (χ3v) is 4.11. The minimum Gasteiger partial charge on any atom is -0.338 e. The van der Waals surface area contributed by atoms with E-state index in [9.17, 15) is 9.59 Å². The van der Waals surface area contributed by atoms with E-state index in [1.807, 2.05) is 19.1 Å². The van der Waals surface area contributed by atoms with Crippen molar-refractivity contribution in [3.05, 3.63) is 59.7 Å². The van der Waals surface area contributed by atoms with Crippen molar-refractivity contribution in [3.63, 3.8) is 0 Å². The van der Waals surface area contributed by atoms with Crippen LogP contribution < -0.4 is 21.3 Å². The predicted octanol–water partition coefficient (Wildman–Crippen LogP) is 3.54. The van der Waals surface area contributed by atoms with Gasteiger partial charge >= 0.3 is 12.1 Å². The molecular formula is C21H22N6O2. The molecule has 0 saturated heterocycles. The lowest BCUT2D eigenvalue weighted by atomic mass is 10.1. The highest BCUT2D eigenvalue weighted by molar-refractivity contribution is 5.90. The second-order valence-electron chi connectivity index (χ2n) is 6.26. The lowest BCUT2D eigenvalue weighted by Crippen LogP contribution is -2.40. The van der Waals surface area contributed by atoms with Crippen LogP contribution in [0.5, 0.6) is 0 Å². The molecule has 0 heterocycles. The van der Waals surface area contributed by atoms with Gasteiger partial charge in [0.2, 0.25) is 0 Å². The second kappa shape index (κ2) is 11.0. The van der Waals surface area contributed by atoms with E-state index in [2.05, 4.69) is 21.3 Å². The summed E-state index contributed by atoms with van der Waals surface area (Å²) in [5, 5.41) is 28.7. The minimum absolute atomic E-state index is 0.128. The maximum absolute atomic E-state index is 12.1. The van der Waals surface area contributed by atoms with Crippen molar-refractivity contribution in [1.82, 2.24) is 10.6 Å². The van der Waals surface area contributed by atoms with Gasteiger partial charge in [-0.1, -0.05) is 19.1 Å². The van der Waals surface area contributed by atoms with E-state index < -0.39 is 0 Å². The molecule has 8 nitrogen and oxygen atoms in total. The quantitative estimate of drug-likeness (QED) is 0.576. The fourth-order valence-electron chi connectivity index (χ4n) is 2.60. The van der Waals surface area contributed by atoms with Gasteiger partial charge in [-0.3, -0.25) is 0 Å². The highest BCUT2D eigenvalue weighted by Gasteiger charge is 2.11. The fraction of sp³-hybridized carbons (Fsp3) is 0.238. The lowest BCUT2D eigenvalue weighted by molar-refractivity contribution is 0.246. The van der Waals surface area contributed by atoms with Crippen molar-refractivity contribution in [3.8, 4) is 12.1 Å². The number of rotatable bonds is 7. The number of hydrogen-bond donors (Lipinski definition) is 4. The van der Waals surface area contributed by atoms with E-state index in [0.29, 0.717) is 41.9 Å². The van der Waals surface area contributed by atoms with E-state index in [-0.39, 0.29) is 18.1 Å². The molecule has 0 aliphatic carbocycles. The van der Waals surface area contributed by atoms with Crippen LogP contribution in [0.4, 0.5) is 21.0 Å². The molecule has 1 atom stereocenters. The number of nitriles is 2. The SMILES string of the molecule is CCC(CCNC(=O)Nc1cccc(C#N)c1)NC(=O)Nc1cccc(C#N)c1. The molecule has 2 rings (SSSR count). The Morgan fingerprint density at radius 2 is 1.48 bits per heavy atom. The van der Waals surface area contributed by atoms with Crippen LogP contribution in [0.2, 0.25) is 0 Å². The predicted molar refractivity (Wildman–Crippen MR) is 110 cm³/mol. The standard InChI is InChI=1S/C21H22N6O2/c1-2-17(25-21(29)27-19-8-4-6-16(12-19)14-23)9-10-24-20(28)26-18-7-3-5-15(11-18)13-22/h3-8,11-12,17H,2,9-10H2,1H3,(H2,24,26,28)(H2,25,27,29). The van der Waals surface area contributed by atoms with Gasteiger partial charge in [-0.25, -0.2) is 9.59 Å². The third-order valence-electron chi connectivity index (χ3n) is 4.11. The largest absolute Gasteiger partial charge is 0.338 e. The molecular weight excluding hydrogens is 368 g/mol. The summed E-state index contributed by atoms with van der Waals surface area (Å²) in [5.41, 5.74) is 1.99. The number of amides is 4. The van der Waals surface area contributed by atoms with Gasteiger partial charge in [-0.05, 0) is 49.2 Å². The van der Waals surface area contributed by atoms with E-state index in [1.54, 1.807) is 48.5 Å². The van der Waals surface area contributed by atoms with Crippen LogP contribution in [-0.4, -0.2) is 24.6 Å². The Morgan fingerprint density at radius 1 is 0.931 bits per heavy atom. The van der Waals surface area contributed by atoms with Crippen LogP contribution in [0.25, 0.3) is 0 Å². The Balaban J connectivity index is 1.76. The van der Waals surface area contributed by atoms with Gasteiger partial charge in [-0.15, -0.1) is 0 Å². The first-order valence-electron chi connectivity index (χ1n) is 9.16. The van der Waals surface area contributed by atoms with Crippen LogP contribution >= 0.6 is 0 Å². The smallest absolute Gasteiger partial charge is 0.319 e. The van der Waals surface area contributed by atoms with Crippen molar-refractivity contribution in [2.45, 2.75) is 25.8 Å². The molecule has 0 saturated carbocycles. The Hall–Kier alpha value is -4.04. The summed E-state index contributed by atoms with van der Waals surface area (Å²) in [6.45, 7) is 2.31. The fourth-order valence-corrected chi connectivity index (χ4v) is 2.60. The molecule has 0 aliphatic rings. The van der Waals surface area contributed by atoms with Gasteiger partial charge in [0.15, 0.2) is 0 Å². The molecule has 2 aromatic carbocycles. The number of anilines is 2. The number of carbonyl (C=O) groups is 2. The maximum Gasteiger partial charge on any atom is 0.319 e. The number of urea groups is 2. The summed E-state index contributed by atoms with van der Waals surface area (Å²) >= 11 is 0. The summed E-state index contributed by atoms with van der Waals surface area (Å²) < 4.78 is 0. The van der Waals surface area contributed by atoms with E-state index in [4.69, 9.17) is 10.5 Å². The van der Waals surface area contributed by atoms with Gasteiger partial charge < -0.3 is 21.3 Å². The number of hydrogen-bond acceptors (Lipinski definition) is 4. The van der Waals surface area contributed by atoms with Crippen molar-refractivity contribution >= 4 is 23.4 Å². The highest BCUT2D eigenvalue weighted by atomic mass is 16.2. The normalized spacial score (nSPS) is 10.7. The van der Waals surface area contributed by atoms with Crippen LogP contribution in [0.1, 0.15) is 30.9 Å². The molecule has 0 radical (unpaired) electrons. The van der Waals surface area contributed by atoms with Gasteiger partial charge in [0, 0.05) is 24.0 Å². The molecule has 0 aliphatic heterocycles. The topological polar surface area (TPSA) is 130 Å². The van der Waals surface area contributed by atoms with E-state index >= 15 is 0 Å². The van der Waals surface area contributed by atoms with Crippen LogP contribution in [0.15, 0.2) is 48.5 Å². The zero-order chi connectivity index (χ0) is 21.1.